The molecular formula is C30H39N3O6. The lowest BCUT2D eigenvalue weighted by molar-refractivity contribution is -0.143. The van der Waals surface area contributed by atoms with Crippen LogP contribution in [0.2, 0.25) is 0 Å². The molecule has 0 bridgehead atoms. The van der Waals surface area contributed by atoms with Gasteiger partial charge >= 0.3 is 5.97 Å². The number of ether oxygens (including phenoxy) is 3. The molecule has 1 amide bonds. The standard InChI is InChI=1S/C30H39N3O6/c1-2-3-14-33(22-7-6-13-31-17-22)28(34)19-32-18-24(21-9-12-26-27(16-21)39-20-38-26)29(30(35)36)25(32)11-10-23-8-4-5-15-37-23/h6-7,9,12-13,16-17,23-25,29H,2-5,8,10-11,14-15,18-20H2,1H3,(H,35,36)/t23?,24-,25+,29?/m1/s1. The van der Waals surface area contributed by atoms with Crippen LogP contribution in [0.3, 0.4) is 0 Å². The van der Waals surface area contributed by atoms with Crippen molar-refractivity contribution < 1.29 is 28.9 Å². The molecule has 2 saturated heterocycles. The van der Waals surface area contributed by atoms with Crippen molar-refractivity contribution in [1.29, 1.82) is 0 Å². The van der Waals surface area contributed by atoms with Gasteiger partial charge in [0.05, 0.1) is 30.5 Å². The number of carbonyl (C=O) groups excluding carboxylic acids is 1. The third-order valence-corrected chi connectivity index (χ3v) is 8.25. The van der Waals surface area contributed by atoms with Gasteiger partial charge in [-0.15, -0.1) is 0 Å². The minimum Gasteiger partial charge on any atom is -0.481 e. The number of nitrogens with zero attached hydrogens (tertiary/aromatic N) is 3. The quantitative estimate of drug-likeness (QED) is 0.448. The number of aliphatic carboxylic acids is 1. The fourth-order valence-electron chi connectivity index (χ4n) is 6.21. The molecule has 1 N–H and O–H groups in total. The van der Waals surface area contributed by atoms with Crippen LogP contribution in [0.5, 0.6) is 11.5 Å². The summed E-state index contributed by atoms with van der Waals surface area (Å²) in [5.41, 5.74) is 1.67. The lowest BCUT2D eigenvalue weighted by Gasteiger charge is -2.31. The first-order valence-electron chi connectivity index (χ1n) is 14.2. The van der Waals surface area contributed by atoms with E-state index >= 15 is 0 Å². The summed E-state index contributed by atoms with van der Waals surface area (Å²) in [5.74, 6) is -0.484. The molecule has 1 aromatic heterocycles. The fraction of sp³-hybridized carbons (Fsp3) is 0.567. The summed E-state index contributed by atoms with van der Waals surface area (Å²) in [6.45, 7) is 4.26. The Labute approximate surface area is 230 Å². The van der Waals surface area contributed by atoms with Gasteiger partial charge in [-0.25, -0.2) is 0 Å². The van der Waals surface area contributed by atoms with E-state index in [1.807, 2.05) is 30.3 Å². The number of carboxylic acids is 1. The zero-order valence-electron chi connectivity index (χ0n) is 22.7. The van der Waals surface area contributed by atoms with E-state index in [4.69, 9.17) is 14.2 Å². The van der Waals surface area contributed by atoms with E-state index in [9.17, 15) is 14.7 Å². The summed E-state index contributed by atoms with van der Waals surface area (Å²) in [6.07, 6.45) is 10.1. The molecule has 3 aliphatic rings. The summed E-state index contributed by atoms with van der Waals surface area (Å²) >= 11 is 0. The van der Waals surface area contributed by atoms with Crippen LogP contribution < -0.4 is 14.4 Å². The molecular weight excluding hydrogens is 498 g/mol. The molecule has 4 heterocycles. The molecule has 39 heavy (non-hydrogen) atoms. The van der Waals surface area contributed by atoms with Crippen LogP contribution in [0, 0.1) is 5.92 Å². The van der Waals surface area contributed by atoms with E-state index < -0.39 is 11.9 Å². The molecule has 0 aliphatic carbocycles. The number of rotatable bonds is 11. The number of hydrogen-bond donors (Lipinski definition) is 1. The molecule has 1 aromatic carbocycles. The van der Waals surface area contributed by atoms with E-state index in [1.54, 1.807) is 17.3 Å². The average molecular weight is 538 g/mol. The maximum atomic E-state index is 13.8. The van der Waals surface area contributed by atoms with Gasteiger partial charge in [0.2, 0.25) is 12.7 Å². The molecule has 2 aromatic rings. The van der Waals surface area contributed by atoms with Crippen molar-refractivity contribution in [2.75, 3.05) is 37.9 Å². The Balaban J connectivity index is 1.40. The lowest BCUT2D eigenvalue weighted by atomic mass is 9.83. The minimum atomic E-state index is -0.836. The van der Waals surface area contributed by atoms with Crippen LogP contribution in [0.1, 0.15) is 63.4 Å². The number of carbonyl (C=O) groups is 2. The number of carboxylic acid groups (broad SMARTS) is 1. The molecule has 210 valence electrons. The predicted octanol–water partition coefficient (Wildman–Crippen LogP) is 4.46. The molecule has 9 heteroatoms. The Bertz CT molecular complexity index is 1120. The summed E-state index contributed by atoms with van der Waals surface area (Å²) in [6, 6.07) is 9.14. The van der Waals surface area contributed by atoms with Gasteiger partial charge in [-0.2, -0.15) is 0 Å². The zero-order valence-corrected chi connectivity index (χ0v) is 22.7. The topological polar surface area (TPSA) is 101 Å². The largest absolute Gasteiger partial charge is 0.481 e. The minimum absolute atomic E-state index is 0.0363. The van der Waals surface area contributed by atoms with E-state index in [-0.39, 0.29) is 37.3 Å². The highest BCUT2D eigenvalue weighted by molar-refractivity contribution is 5.94. The monoisotopic (exact) mass is 537 g/mol. The Morgan fingerprint density at radius 2 is 2.03 bits per heavy atom. The van der Waals surface area contributed by atoms with Gasteiger partial charge < -0.3 is 24.2 Å². The van der Waals surface area contributed by atoms with E-state index in [0.29, 0.717) is 31.0 Å². The third kappa shape index (κ3) is 6.36. The molecule has 2 fully saturated rings. The molecule has 0 radical (unpaired) electrons. The Kier molecular flexibility index (Phi) is 8.98. The third-order valence-electron chi connectivity index (χ3n) is 8.25. The normalized spacial score (nSPS) is 24.5. The van der Waals surface area contributed by atoms with Crippen LogP contribution in [-0.2, 0) is 14.3 Å². The highest BCUT2D eigenvalue weighted by atomic mass is 16.7. The summed E-state index contributed by atoms with van der Waals surface area (Å²) < 4.78 is 17.0. The number of aromatic nitrogens is 1. The smallest absolute Gasteiger partial charge is 0.308 e. The van der Waals surface area contributed by atoms with Crippen molar-refractivity contribution in [2.24, 2.45) is 5.92 Å². The Hall–Kier alpha value is -3.17. The predicted molar refractivity (Wildman–Crippen MR) is 146 cm³/mol. The van der Waals surface area contributed by atoms with Gasteiger partial charge in [-0.3, -0.25) is 19.5 Å². The first-order chi connectivity index (χ1) is 19.0. The average Bonchev–Trinajstić information content (AvgIpc) is 3.57. The van der Waals surface area contributed by atoms with E-state index in [2.05, 4.69) is 16.8 Å². The summed E-state index contributed by atoms with van der Waals surface area (Å²) in [4.78, 5) is 34.7. The van der Waals surface area contributed by atoms with Crippen molar-refractivity contribution in [2.45, 2.75) is 69.9 Å². The lowest BCUT2D eigenvalue weighted by Crippen LogP contribution is -2.45. The molecule has 4 atom stereocenters. The van der Waals surface area contributed by atoms with E-state index in [1.165, 1.54) is 0 Å². The maximum absolute atomic E-state index is 13.8. The van der Waals surface area contributed by atoms with Gasteiger partial charge in [-0.05, 0) is 68.4 Å². The SMILES string of the molecule is CCCCN(C(=O)CN1C[C@H](c2ccc3c(c2)OCO3)C(C(=O)O)[C@@H]1CCC1CCCCO1)c1cccnc1. The highest BCUT2D eigenvalue weighted by Gasteiger charge is 2.47. The van der Waals surface area contributed by atoms with Crippen molar-refractivity contribution in [3.63, 3.8) is 0 Å². The van der Waals surface area contributed by atoms with Gasteiger partial charge in [-0.1, -0.05) is 19.4 Å². The second kappa shape index (κ2) is 12.8. The van der Waals surface area contributed by atoms with Crippen LogP contribution in [-0.4, -0.2) is 72.0 Å². The number of pyridine rings is 1. The second-order valence-electron chi connectivity index (χ2n) is 10.8. The molecule has 9 nitrogen and oxygen atoms in total. The number of fused-ring (bicyclic) bond motifs is 1. The highest BCUT2D eigenvalue weighted by Crippen LogP contribution is 2.43. The second-order valence-corrected chi connectivity index (χ2v) is 10.8. The molecule has 0 spiro atoms. The molecule has 2 unspecified atom stereocenters. The Morgan fingerprint density at radius 3 is 2.77 bits per heavy atom. The first kappa shape index (κ1) is 27.4. The molecule has 5 rings (SSSR count). The Morgan fingerprint density at radius 1 is 1.15 bits per heavy atom. The number of benzene rings is 1. The van der Waals surface area contributed by atoms with Gasteiger partial charge in [0.25, 0.3) is 0 Å². The van der Waals surface area contributed by atoms with Gasteiger partial charge in [0, 0.05) is 37.9 Å². The number of unbranched alkanes of at least 4 members (excludes halogenated alkanes) is 1. The van der Waals surface area contributed by atoms with Crippen molar-refractivity contribution in [3.05, 3.63) is 48.3 Å². The van der Waals surface area contributed by atoms with E-state index in [0.717, 1.165) is 56.4 Å². The molecule has 3 aliphatic heterocycles. The summed E-state index contributed by atoms with van der Waals surface area (Å²) in [5, 5.41) is 10.5. The summed E-state index contributed by atoms with van der Waals surface area (Å²) in [7, 11) is 0. The maximum Gasteiger partial charge on any atom is 0.308 e. The van der Waals surface area contributed by atoms with Crippen LogP contribution in [0.15, 0.2) is 42.7 Å². The number of hydrogen-bond acceptors (Lipinski definition) is 7. The number of amides is 1. The van der Waals surface area contributed by atoms with Crippen molar-refractivity contribution >= 4 is 17.6 Å². The number of anilines is 1. The first-order valence-corrected chi connectivity index (χ1v) is 14.2. The van der Waals surface area contributed by atoms with Crippen molar-refractivity contribution in [3.8, 4) is 11.5 Å². The van der Waals surface area contributed by atoms with Gasteiger partial charge in [0.15, 0.2) is 11.5 Å². The fourth-order valence-corrected chi connectivity index (χ4v) is 6.21. The zero-order chi connectivity index (χ0) is 27.2. The van der Waals surface area contributed by atoms with Crippen molar-refractivity contribution in [1.82, 2.24) is 9.88 Å². The number of likely N-dealkylation sites (tertiary alicyclic amines) is 1. The van der Waals surface area contributed by atoms with Crippen LogP contribution in [0.25, 0.3) is 0 Å². The van der Waals surface area contributed by atoms with Gasteiger partial charge in [0.1, 0.15) is 0 Å². The molecule has 0 saturated carbocycles. The van der Waals surface area contributed by atoms with Crippen LogP contribution in [0.4, 0.5) is 5.69 Å². The van der Waals surface area contributed by atoms with Crippen LogP contribution >= 0.6 is 0 Å².